The molecular weight excluding hydrogens is 344 g/mol. The highest BCUT2D eigenvalue weighted by Gasteiger charge is 2.28. The Labute approximate surface area is 161 Å². The van der Waals surface area contributed by atoms with Gasteiger partial charge in [0.05, 0.1) is 6.61 Å². The van der Waals surface area contributed by atoms with Crippen LogP contribution in [-0.2, 0) is 20.9 Å². The summed E-state index contributed by atoms with van der Waals surface area (Å²) in [7, 11) is 1.70. The number of amides is 2. The van der Waals surface area contributed by atoms with Gasteiger partial charge in [-0.05, 0) is 25.7 Å². The van der Waals surface area contributed by atoms with E-state index >= 15 is 0 Å². The van der Waals surface area contributed by atoms with Crippen molar-refractivity contribution in [3.63, 3.8) is 0 Å². The number of hydrogen-bond acceptors (Lipinski definition) is 4. The summed E-state index contributed by atoms with van der Waals surface area (Å²) in [6, 6.07) is 0. The maximum absolute atomic E-state index is 12.7. The van der Waals surface area contributed by atoms with Crippen LogP contribution in [0.1, 0.15) is 56.7 Å². The molecule has 2 amide bonds. The molecule has 0 aliphatic carbocycles. The second kappa shape index (κ2) is 9.88. The van der Waals surface area contributed by atoms with Gasteiger partial charge in [0, 0.05) is 71.0 Å². The Kier molecular flexibility index (Phi) is 7.26. The van der Waals surface area contributed by atoms with Crippen molar-refractivity contribution in [2.45, 2.75) is 57.4 Å². The van der Waals surface area contributed by atoms with Gasteiger partial charge >= 0.3 is 0 Å². The third kappa shape index (κ3) is 5.31. The Morgan fingerprint density at radius 2 is 2.11 bits per heavy atom. The van der Waals surface area contributed by atoms with Crippen LogP contribution < -0.4 is 0 Å². The number of rotatable bonds is 7. The van der Waals surface area contributed by atoms with Crippen molar-refractivity contribution in [2.24, 2.45) is 0 Å². The van der Waals surface area contributed by atoms with Crippen LogP contribution in [0.3, 0.4) is 0 Å². The van der Waals surface area contributed by atoms with Crippen LogP contribution in [-0.4, -0.2) is 71.1 Å². The van der Waals surface area contributed by atoms with E-state index in [1.165, 1.54) is 0 Å². The average molecular weight is 377 g/mol. The van der Waals surface area contributed by atoms with Gasteiger partial charge in [-0.15, -0.1) is 0 Å². The molecule has 0 radical (unpaired) electrons. The highest BCUT2D eigenvalue weighted by Crippen LogP contribution is 2.26. The summed E-state index contributed by atoms with van der Waals surface area (Å²) in [5.41, 5.74) is 0. The summed E-state index contributed by atoms with van der Waals surface area (Å²) < 4.78 is 7.32. The Bertz CT molecular complexity index is 630. The van der Waals surface area contributed by atoms with Crippen LogP contribution in [0, 0.1) is 0 Å². The van der Waals surface area contributed by atoms with Crippen LogP contribution in [0.15, 0.2) is 12.4 Å². The van der Waals surface area contributed by atoms with E-state index in [1.54, 1.807) is 7.11 Å². The standard InChI is InChI=1S/C20H32N4O3/c1-27-15-14-23-13-9-21-20(23)17-6-5-11-24(16-17)19(26)8-12-22-10-4-2-3-7-18(22)25/h9,13,17H,2-8,10-12,14-16H2,1H3/t17-/m0/s1. The maximum Gasteiger partial charge on any atom is 0.224 e. The quantitative estimate of drug-likeness (QED) is 0.730. The molecule has 1 atom stereocenters. The second-order valence-electron chi connectivity index (χ2n) is 7.59. The molecule has 7 nitrogen and oxygen atoms in total. The minimum atomic E-state index is 0.159. The first-order chi connectivity index (χ1) is 13.2. The number of piperidine rings is 1. The smallest absolute Gasteiger partial charge is 0.224 e. The molecule has 1 aromatic rings. The minimum absolute atomic E-state index is 0.159. The van der Waals surface area contributed by atoms with E-state index in [9.17, 15) is 9.59 Å². The molecule has 150 valence electrons. The van der Waals surface area contributed by atoms with Crippen LogP contribution in [0.5, 0.6) is 0 Å². The third-order valence-corrected chi connectivity index (χ3v) is 5.69. The van der Waals surface area contributed by atoms with Gasteiger partial charge in [-0.25, -0.2) is 4.98 Å². The van der Waals surface area contributed by atoms with E-state index in [4.69, 9.17) is 4.74 Å². The number of ether oxygens (including phenoxy) is 1. The molecule has 3 heterocycles. The number of methoxy groups -OCH3 is 1. The second-order valence-corrected chi connectivity index (χ2v) is 7.59. The highest BCUT2D eigenvalue weighted by molar-refractivity contribution is 5.79. The zero-order chi connectivity index (χ0) is 19.1. The lowest BCUT2D eigenvalue weighted by atomic mass is 9.96. The topological polar surface area (TPSA) is 67.7 Å². The minimum Gasteiger partial charge on any atom is -0.383 e. The monoisotopic (exact) mass is 376 g/mol. The summed E-state index contributed by atoms with van der Waals surface area (Å²) in [4.78, 5) is 33.2. The lowest BCUT2D eigenvalue weighted by Crippen LogP contribution is -2.42. The molecule has 0 N–H and O–H groups in total. The zero-order valence-electron chi connectivity index (χ0n) is 16.4. The van der Waals surface area contributed by atoms with Crippen LogP contribution >= 0.6 is 0 Å². The molecule has 2 saturated heterocycles. The molecular formula is C20H32N4O3. The Morgan fingerprint density at radius 3 is 2.96 bits per heavy atom. The number of aromatic nitrogens is 2. The lowest BCUT2D eigenvalue weighted by molar-refractivity contribution is -0.135. The molecule has 2 aliphatic heterocycles. The third-order valence-electron chi connectivity index (χ3n) is 5.69. The predicted molar refractivity (Wildman–Crippen MR) is 102 cm³/mol. The normalized spacial score (nSPS) is 21.4. The van der Waals surface area contributed by atoms with Crippen LogP contribution in [0.25, 0.3) is 0 Å². The van der Waals surface area contributed by atoms with Crippen LogP contribution in [0.2, 0.25) is 0 Å². The van der Waals surface area contributed by atoms with E-state index in [2.05, 4.69) is 9.55 Å². The maximum atomic E-state index is 12.7. The summed E-state index contributed by atoms with van der Waals surface area (Å²) >= 11 is 0. The number of nitrogens with zero attached hydrogens (tertiary/aromatic N) is 4. The fraction of sp³-hybridized carbons (Fsp3) is 0.750. The van der Waals surface area contributed by atoms with Crippen molar-refractivity contribution in [3.05, 3.63) is 18.2 Å². The largest absolute Gasteiger partial charge is 0.383 e. The number of carbonyl (C=O) groups is 2. The average Bonchev–Trinajstić information content (AvgIpc) is 3.07. The van der Waals surface area contributed by atoms with E-state index in [0.29, 0.717) is 26.0 Å². The first kappa shape index (κ1) is 19.9. The molecule has 0 unspecified atom stereocenters. The SMILES string of the molecule is COCCn1ccnc1[C@H]1CCCN(C(=O)CCN2CCCCCC2=O)C1. The Balaban J connectivity index is 1.53. The predicted octanol–water partition coefficient (Wildman–Crippen LogP) is 2.03. The Morgan fingerprint density at radius 1 is 1.22 bits per heavy atom. The van der Waals surface area contributed by atoms with E-state index < -0.39 is 0 Å². The van der Waals surface area contributed by atoms with E-state index in [1.807, 2.05) is 22.2 Å². The summed E-state index contributed by atoms with van der Waals surface area (Å²) in [5.74, 6) is 1.69. The number of hydrogen-bond donors (Lipinski definition) is 0. The molecule has 7 heteroatoms. The van der Waals surface area contributed by atoms with E-state index in [0.717, 1.165) is 64.1 Å². The fourth-order valence-corrected chi connectivity index (χ4v) is 4.14. The van der Waals surface area contributed by atoms with E-state index in [-0.39, 0.29) is 17.7 Å². The van der Waals surface area contributed by atoms with Gasteiger partial charge in [0.25, 0.3) is 0 Å². The van der Waals surface area contributed by atoms with Gasteiger partial charge < -0.3 is 19.1 Å². The van der Waals surface area contributed by atoms with Crippen molar-refractivity contribution in [2.75, 3.05) is 39.9 Å². The van der Waals surface area contributed by atoms with Crippen molar-refractivity contribution >= 4 is 11.8 Å². The van der Waals surface area contributed by atoms with Crippen molar-refractivity contribution in [1.82, 2.24) is 19.4 Å². The molecule has 0 spiro atoms. The summed E-state index contributed by atoms with van der Waals surface area (Å²) in [6.07, 6.45) is 10.1. The Hall–Kier alpha value is -1.89. The van der Waals surface area contributed by atoms with Crippen molar-refractivity contribution < 1.29 is 14.3 Å². The van der Waals surface area contributed by atoms with Crippen LogP contribution in [0.4, 0.5) is 0 Å². The molecule has 0 saturated carbocycles. The molecule has 1 aromatic heterocycles. The molecule has 0 bridgehead atoms. The van der Waals surface area contributed by atoms with Crippen molar-refractivity contribution in [3.8, 4) is 0 Å². The number of likely N-dealkylation sites (tertiary alicyclic amines) is 2. The van der Waals surface area contributed by atoms with Gasteiger partial charge in [0.2, 0.25) is 11.8 Å². The van der Waals surface area contributed by atoms with Gasteiger partial charge in [0.1, 0.15) is 5.82 Å². The fourth-order valence-electron chi connectivity index (χ4n) is 4.14. The van der Waals surface area contributed by atoms with Gasteiger partial charge in [-0.3, -0.25) is 9.59 Å². The molecule has 0 aromatic carbocycles. The number of imidazole rings is 1. The number of carbonyl (C=O) groups excluding carboxylic acids is 2. The highest BCUT2D eigenvalue weighted by atomic mass is 16.5. The lowest BCUT2D eigenvalue weighted by Gasteiger charge is -2.33. The van der Waals surface area contributed by atoms with Crippen molar-refractivity contribution in [1.29, 1.82) is 0 Å². The summed E-state index contributed by atoms with van der Waals surface area (Å²) in [6.45, 7) is 4.32. The van der Waals surface area contributed by atoms with Gasteiger partial charge in [-0.1, -0.05) is 6.42 Å². The molecule has 2 aliphatic rings. The van der Waals surface area contributed by atoms with Gasteiger partial charge in [-0.2, -0.15) is 0 Å². The molecule has 3 rings (SSSR count). The first-order valence-electron chi connectivity index (χ1n) is 10.2. The zero-order valence-corrected chi connectivity index (χ0v) is 16.4. The summed E-state index contributed by atoms with van der Waals surface area (Å²) in [5, 5.41) is 0. The first-order valence-corrected chi connectivity index (χ1v) is 10.2. The molecule has 2 fully saturated rings. The van der Waals surface area contributed by atoms with Gasteiger partial charge in [0.15, 0.2) is 0 Å². The molecule has 27 heavy (non-hydrogen) atoms.